The lowest BCUT2D eigenvalue weighted by molar-refractivity contribution is 0.0516. The molecule has 0 amide bonds. The third kappa shape index (κ3) is 3.35. The van der Waals surface area contributed by atoms with E-state index in [9.17, 15) is 0 Å². The molecule has 0 aromatic carbocycles. The molecule has 2 atom stereocenters. The number of nitrogens with zero attached hydrogens (tertiary/aromatic N) is 2. The Labute approximate surface area is 124 Å². The second-order valence-electron chi connectivity index (χ2n) is 5.63. The zero-order chi connectivity index (χ0) is 13.8. The number of nitrogens with one attached hydrogen (secondary N) is 1. The summed E-state index contributed by atoms with van der Waals surface area (Å²) in [6.07, 6.45) is 6.42. The van der Waals surface area contributed by atoms with Gasteiger partial charge >= 0.3 is 0 Å². The number of hydrogen-bond acceptors (Lipinski definition) is 6. The highest BCUT2D eigenvalue weighted by molar-refractivity contribution is 7.99. The average Bonchev–Trinajstić information content (AvgIpc) is 3.16. The van der Waals surface area contributed by atoms with Crippen molar-refractivity contribution in [3.8, 4) is 0 Å². The normalized spacial score (nSPS) is 28.1. The van der Waals surface area contributed by atoms with E-state index >= 15 is 0 Å². The van der Waals surface area contributed by atoms with Gasteiger partial charge in [0, 0.05) is 17.9 Å². The lowest BCUT2D eigenvalue weighted by Gasteiger charge is -2.28. The highest BCUT2D eigenvalue weighted by Gasteiger charge is 2.30. The van der Waals surface area contributed by atoms with Gasteiger partial charge in [-0.3, -0.25) is 0 Å². The number of ether oxygens (including phenoxy) is 1. The van der Waals surface area contributed by atoms with E-state index in [1.807, 2.05) is 18.8 Å². The predicted molar refractivity (Wildman–Crippen MR) is 78.9 cm³/mol. The molecule has 20 heavy (non-hydrogen) atoms. The van der Waals surface area contributed by atoms with E-state index < -0.39 is 0 Å². The van der Waals surface area contributed by atoms with Crippen LogP contribution >= 0.6 is 11.8 Å². The fourth-order valence-electron chi connectivity index (χ4n) is 3.05. The van der Waals surface area contributed by atoms with Crippen LogP contribution in [0.15, 0.2) is 4.52 Å². The molecule has 2 fully saturated rings. The van der Waals surface area contributed by atoms with Gasteiger partial charge in [0.05, 0.1) is 18.3 Å². The van der Waals surface area contributed by atoms with E-state index in [2.05, 4.69) is 15.5 Å². The van der Waals surface area contributed by atoms with Crippen LogP contribution in [0, 0.1) is 0 Å². The lowest BCUT2D eigenvalue weighted by Crippen LogP contribution is -2.39. The van der Waals surface area contributed by atoms with E-state index in [0.717, 1.165) is 35.7 Å². The van der Waals surface area contributed by atoms with Gasteiger partial charge in [-0.05, 0) is 26.3 Å². The summed E-state index contributed by atoms with van der Waals surface area (Å²) in [7, 11) is 1.98. The van der Waals surface area contributed by atoms with Crippen LogP contribution < -0.4 is 5.32 Å². The van der Waals surface area contributed by atoms with Crippen molar-refractivity contribution in [2.45, 2.75) is 55.1 Å². The van der Waals surface area contributed by atoms with Crippen LogP contribution in [0.5, 0.6) is 0 Å². The Morgan fingerprint density at radius 2 is 2.15 bits per heavy atom. The molecule has 1 aliphatic carbocycles. The molecule has 0 bridgehead atoms. The van der Waals surface area contributed by atoms with E-state index in [1.165, 1.54) is 25.7 Å². The molecule has 1 saturated carbocycles. The molecule has 5 nitrogen and oxygen atoms in total. The SMILES string of the molecule is CNC1CCOCC1c1nc(CSC2CCCC2)no1. The number of aromatic nitrogens is 2. The van der Waals surface area contributed by atoms with Gasteiger partial charge in [-0.2, -0.15) is 16.7 Å². The molecule has 1 N–H and O–H groups in total. The quantitative estimate of drug-likeness (QED) is 0.900. The molecule has 2 heterocycles. The van der Waals surface area contributed by atoms with Gasteiger partial charge in [0.2, 0.25) is 5.89 Å². The Morgan fingerprint density at radius 3 is 2.95 bits per heavy atom. The Balaban J connectivity index is 1.57. The van der Waals surface area contributed by atoms with Gasteiger partial charge < -0.3 is 14.6 Å². The van der Waals surface area contributed by atoms with Gasteiger partial charge in [-0.15, -0.1) is 0 Å². The van der Waals surface area contributed by atoms with Gasteiger partial charge in [0.15, 0.2) is 5.82 Å². The van der Waals surface area contributed by atoms with Crippen molar-refractivity contribution in [2.24, 2.45) is 0 Å². The van der Waals surface area contributed by atoms with Crippen molar-refractivity contribution in [1.29, 1.82) is 0 Å². The maximum absolute atomic E-state index is 5.55. The first-order valence-electron chi connectivity index (χ1n) is 7.56. The summed E-state index contributed by atoms with van der Waals surface area (Å²) in [5.41, 5.74) is 0. The van der Waals surface area contributed by atoms with Crippen LogP contribution in [0.3, 0.4) is 0 Å². The van der Waals surface area contributed by atoms with Gasteiger partial charge in [-0.25, -0.2) is 0 Å². The van der Waals surface area contributed by atoms with Crippen LogP contribution in [0.2, 0.25) is 0 Å². The minimum atomic E-state index is 0.187. The summed E-state index contributed by atoms with van der Waals surface area (Å²) < 4.78 is 11.0. The van der Waals surface area contributed by atoms with E-state index in [1.54, 1.807) is 0 Å². The molecule has 1 aromatic rings. The van der Waals surface area contributed by atoms with Crippen molar-refractivity contribution in [1.82, 2.24) is 15.5 Å². The van der Waals surface area contributed by atoms with E-state index in [0.29, 0.717) is 12.6 Å². The standard InChI is InChI=1S/C14H23N3O2S/c1-15-12-6-7-18-8-11(12)14-16-13(17-19-14)9-20-10-4-2-3-5-10/h10-12,15H,2-9H2,1H3. The van der Waals surface area contributed by atoms with Crippen molar-refractivity contribution in [3.63, 3.8) is 0 Å². The van der Waals surface area contributed by atoms with Gasteiger partial charge in [-0.1, -0.05) is 18.0 Å². The molecule has 1 saturated heterocycles. The molecule has 0 radical (unpaired) electrons. The van der Waals surface area contributed by atoms with E-state index in [-0.39, 0.29) is 5.92 Å². The zero-order valence-electron chi connectivity index (χ0n) is 12.0. The average molecular weight is 297 g/mol. The second kappa shape index (κ2) is 6.91. The molecule has 6 heteroatoms. The number of hydrogen-bond donors (Lipinski definition) is 1. The lowest BCUT2D eigenvalue weighted by atomic mass is 9.96. The maximum Gasteiger partial charge on any atom is 0.233 e. The van der Waals surface area contributed by atoms with Crippen molar-refractivity contribution >= 4 is 11.8 Å². The van der Waals surface area contributed by atoms with Crippen molar-refractivity contribution in [2.75, 3.05) is 20.3 Å². The van der Waals surface area contributed by atoms with Crippen molar-refractivity contribution < 1.29 is 9.26 Å². The molecule has 3 rings (SSSR count). The third-order valence-corrected chi connectivity index (χ3v) is 5.65. The molecular weight excluding hydrogens is 274 g/mol. The molecule has 112 valence electrons. The van der Waals surface area contributed by atoms with Crippen LogP contribution in [0.4, 0.5) is 0 Å². The Kier molecular flexibility index (Phi) is 4.96. The van der Waals surface area contributed by atoms with Crippen molar-refractivity contribution in [3.05, 3.63) is 11.7 Å². The smallest absolute Gasteiger partial charge is 0.233 e. The minimum absolute atomic E-state index is 0.187. The second-order valence-corrected chi connectivity index (χ2v) is 6.92. The zero-order valence-corrected chi connectivity index (χ0v) is 12.8. The summed E-state index contributed by atoms with van der Waals surface area (Å²) >= 11 is 1.97. The maximum atomic E-state index is 5.55. The minimum Gasteiger partial charge on any atom is -0.381 e. The molecule has 1 aliphatic heterocycles. The number of thioether (sulfide) groups is 1. The third-order valence-electron chi connectivity index (χ3n) is 4.28. The van der Waals surface area contributed by atoms with Crippen LogP contribution in [0.25, 0.3) is 0 Å². The van der Waals surface area contributed by atoms with E-state index in [4.69, 9.17) is 9.26 Å². The number of rotatable bonds is 5. The monoisotopic (exact) mass is 297 g/mol. The Hall–Kier alpha value is -0.590. The Bertz CT molecular complexity index is 420. The molecule has 2 unspecified atom stereocenters. The van der Waals surface area contributed by atoms with Crippen LogP contribution in [-0.4, -0.2) is 41.7 Å². The summed E-state index contributed by atoms with van der Waals surface area (Å²) in [6.45, 7) is 1.48. The first-order valence-corrected chi connectivity index (χ1v) is 8.61. The topological polar surface area (TPSA) is 60.2 Å². The predicted octanol–water partition coefficient (Wildman–Crippen LogP) is 2.34. The number of likely N-dealkylation sites (N-methyl/N-ethyl adjacent to an activating group) is 1. The summed E-state index contributed by atoms with van der Waals surface area (Å²) in [5, 5.41) is 8.25. The molecule has 1 aromatic heterocycles. The highest BCUT2D eigenvalue weighted by atomic mass is 32.2. The molecular formula is C14H23N3O2S. The summed E-state index contributed by atoms with van der Waals surface area (Å²) in [5.74, 6) is 2.61. The highest BCUT2D eigenvalue weighted by Crippen LogP contribution is 2.31. The largest absolute Gasteiger partial charge is 0.381 e. The Morgan fingerprint density at radius 1 is 1.30 bits per heavy atom. The summed E-state index contributed by atoms with van der Waals surface area (Å²) in [6, 6.07) is 0.375. The fourth-order valence-corrected chi connectivity index (χ4v) is 4.22. The fraction of sp³-hybridized carbons (Fsp3) is 0.857. The summed E-state index contributed by atoms with van der Waals surface area (Å²) in [4.78, 5) is 4.57. The van der Waals surface area contributed by atoms with Gasteiger partial charge in [0.25, 0.3) is 0 Å². The molecule has 2 aliphatic rings. The molecule has 0 spiro atoms. The first-order chi connectivity index (χ1) is 9.86. The van der Waals surface area contributed by atoms with Crippen LogP contribution in [0.1, 0.15) is 49.7 Å². The van der Waals surface area contributed by atoms with Crippen LogP contribution in [-0.2, 0) is 10.5 Å². The first kappa shape index (κ1) is 14.4. The van der Waals surface area contributed by atoms with Gasteiger partial charge in [0.1, 0.15) is 0 Å².